The van der Waals surface area contributed by atoms with Crippen molar-refractivity contribution in [2.45, 2.75) is 70.9 Å². The molecule has 70 heavy (non-hydrogen) atoms. The fourth-order valence-electron chi connectivity index (χ4n) is 9.44. The number of pyridine rings is 1. The molecule has 3 N–H and O–H groups in total. The highest BCUT2D eigenvalue weighted by Gasteiger charge is 2.34. The second-order valence-electron chi connectivity index (χ2n) is 19.4. The monoisotopic (exact) mass is 1000 g/mol. The maximum atomic E-state index is 14.0. The number of piperazine rings is 1. The number of halogens is 4. The minimum Gasteiger partial charge on any atom is -0.455 e. The minimum atomic E-state index is -4.65. The number of nitrogens with one attached hydrogen (secondary N) is 3. The van der Waals surface area contributed by atoms with Crippen LogP contribution in [-0.4, -0.2) is 97.3 Å². The Morgan fingerprint density at radius 2 is 1.74 bits per heavy atom. The van der Waals surface area contributed by atoms with Gasteiger partial charge in [0, 0.05) is 92.7 Å². The van der Waals surface area contributed by atoms with Gasteiger partial charge in [0.25, 0.3) is 21.6 Å². The van der Waals surface area contributed by atoms with E-state index in [1.807, 2.05) is 18.7 Å². The number of likely N-dealkylation sites (tertiary alicyclic amines) is 1. The minimum absolute atomic E-state index is 0.0438. The molecule has 2 aromatic heterocycles. The molecular weight excluding hydrogens is 949 g/mol. The second-order valence-corrected chi connectivity index (χ2v) is 21.5. The van der Waals surface area contributed by atoms with Crippen molar-refractivity contribution in [2.24, 2.45) is 17.3 Å². The van der Waals surface area contributed by atoms with Crippen molar-refractivity contribution >= 4 is 67.1 Å². The van der Waals surface area contributed by atoms with Crippen LogP contribution >= 0.6 is 11.6 Å². The molecule has 0 atom stereocenters. The number of nitro groups is 1. The average Bonchev–Trinajstić information content (AvgIpc) is 3.79. The summed E-state index contributed by atoms with van der Waals surface area (Å²) < 4.78 is 76.5. The van der Waals surface area contributed by atoms with Gasteiger partial charge >= 0.3 is 6.18 Å². The van der Waals surface area contributed by atoms with Crippen LogP contribution in [0.5, 0.6) is 11.5 Å². The highest BCUT2D eigenvalue weighted by molar-refractivity contribution is 7.90. The molecule has 20 heteroatoms. The lowest BCUT2D eigenvalue weighted by molar-refractivity contribution is -0.384. The first-order valence-corrected chi connectivity index (χ1v) is 25.2. The van der Waals surface area contributed by atoms with E-state index in [0.717, 1.165) is 47.6 Å². The highest BCUT2D eigenvalue weighted by atomic mass is 35.5. The van der Waals surface area contributed by atoms with E-state index in [2.05, 4.69) is 43.7 Å². The Balaban J connectivity index is 0.980. The first-order valence-electron chi connectivity index (χ1n) is 23.3. The van der Waals surface area contributed by atoms with Gasteiger partial charge in [0.05, 0.1) is 27.1 Å². The molecule has 4 heterocycles. The Morgan fingerprint density at radius 1 is 1.00 bits per heavy atom. The lowest BCUT2D eigenvalue weighted by atomic mass is 9.72. The van der Waals surface area contributed by atoms with E-state index in [1.54, 1.807) is 30.5 Å². The maximum absolute atomic E-state index is 14.0. The maximum Gasteiger partial charge on any atom is 0.416 e. The van der Waals surface area contributed by atoms with Crippen molar-refractivity contribution in [2.75, 3.05) is 62.6 Å². The molecule has 0 radical (unpaired) electrons. The number of hydrogen-bond acceptors (Lipinski definition) is 11. The van der Waals surface area contributed by atoms with Gasteiger partial charge < -0.3 is 24.8 Å². The molecular formula is C50H56ClF3N8O7S. The Morgan fingerprint density at radius 3 is 2.43 bits per heavy atom. The summed E-state index contributed by atoms with van der Waals surface area (Å²) in [6.07, 6.45) is 2.51. The number of fused-ring (bicyclic) bond motifs is 1. The van der Waals surface area contributed by atoms with Gasteiger partial charge in [0.1, 0.15) is 22.8 Å². The molecule has 3 aliphatic rings. The summed E-state index contributed by atoms with van der Waals surface area (Å²) in [7, 11) is -4.65. The number of alkyl halides is 3. The number of aromatic nitrogens is 2. The van der Waals surface area contributed by atoms with Crippen LogP contribution in [0.4, 0.5) is 30.2 Å². The predicted molar refractivity (Wildman–Crippen MR) is 263 cm³/mol. The molecule has 372 valence electrons. The van der Waals surface area contributed by atoms with Crippen molar-refractivity contribution in [3.63, 3.8) is 0 Å². The molecule has 2 saturated heterocycles. The van der Waals surface area contributed by atoms with Gasteiger partial charge in [-0.15, -0.1) is 0 Å². The fourth-order valence-corrected chi connectivity index (χ4v) is 10.7. The van der Waals surface area contributed by atoms with Gasteiger partial charge in [-0.25, -0.2) is 18.1 Å². The number of hydrogen-bond donors (Lipinski definition) is 3. The van der Waals surface area contributed by atoms with Crippen LogP contribution in [-0.2, 0) is 21.0 Å². The molecule has 1 aliphatic carbocycles. The summed E-state index contributed by atoms with van der Waals surface area (Å²) >= 11 is 6.54. The van der Waals surface area contributed by atoms with E-state index < -0.39 is 43.2 Å². The van der Waals surface area contributed by atoms with Crippen LogP contribution in [0.1, 0.15) is 81.3 Å². The lowest BCUT2D eigenvalue weighted by Gasteiger charge is -2.39. The van der Waals surface area contributed by atoms with E-state index in [1.165, 1.54) is 30.5 Å². The van der Waals surface area contributed by atoms with Gasteiger partial charge in [0.15, 0.2) is 0 Å². The molecule has 0 spiro atoms. The number of allylic oxidation sites excluding steroid dienone is 1. The molecule has 5 aromatic rings. The number of nitrogens with zero attached hydrogens (tertiary/aromatic N) is 5. The average molecular weight is 1010 g/mol. The largest absolute Gasteiger partial charge is 0.455 e. The Bertz CT molecular complexity index is 2940. The number of aromatic amines is 1. The summed E-state index contributed by atoms with van der Waals surface area (Å²) in [4.78, 5) is 51.2. The number of carbonyl (C=O) groups is 2. The number of amides is 2. The van der Waals surface area contributed by atoms with Gasteiger partial charge in [0.2, 0.25) is 5.91 Å². The number of anilines is 2. The van der Waals surface area contributed by atoms with Crippen molar-refractivity contribution in [3.8, 4) is 11.5 Å². The Kier molecular flexibility index (Phi) is 14.5. The second kappa shape index (κ2) is 20.3. The van der Waals surface area contributed by atoms with Crippen molar-refractivity contribution in [1.82, 2.24) is 24.5 Å². The Labute approximate surface area is 409 Å². The van der Waals surface area contributed by atoms with Gasteiger partial charge in [-0.3, -0.25) is 24.6 Å². The SMILES string of the molecule is CC(C)C(=O)N1CCC(CNc2ccc(S(=O)(=O)NC(=O)c3ccc(N4CCN(CC5=C(c6ccc(C(F)(F)F)cc6Cl)CC(C)(C)CC5)CC4)cc3Oc3cnc4[nH]ccc4c3)cc2[N+](=O)[O-])CC1. The van der Waals surface area contributed by atoms with Crippen LogP contribution in [0.25, 0.3) is 16.6 Å². The number of ether oxygens (including phenoxy) is 1. The summed E-state index contributed by atoms with van der Waals surface area (Å²) in [6.45, 7) is 12.6. The molecule has 0 saturated carbocycles. The van der Waals surface area contributed by atoms with Crippen molar-refractivity contribution in [1.29, 1.82) is 0 Å². The molecule has 0 bridgehead atoms. The molecule has 2 amide bonds. The molecule has 2 fully saturated rings. The first-order chi connectivity index (χ1) is 33.1. The van der Waals surface area contributed by atoms with Crippen LogP contribution in [0.2, 0.25) is 5.02 Å². The van der Waals surface area contributed by atoms with E-state index >= 15 is 0 Å². The summed E-state index contributed by atoms with van der Waals surface area (Å²) in [5.41, 5.74) is 2.75. The van der Waals surface area contributed by atoms with Gasteiger partial charge in [-0.2, -0.15) is 13.2 Å². The molecule has 3 aromatic carbocycles. The normalized spacial score (nSPS) is 17.3. The van der Waals surface area contributed by atoms with Crippen LogP contribution in [0.15, 0.2) is 89.6 Å². The third kappa shape index (κ3) is 11.5. The number of carbonyl (C=O) groups excluding carboxylic acids is 2. The highest BCUT2D eigenvalue weighted by Crippen LogP contribution is 2.46. The summed E-state index contributed by atoms with van der Waals surface area (Å²) in [5.74, 6) is -0.572. The topological polar surface area (TPSA) is 183 Å². The Hall–Kier alpha value is -6.18. The van der Waals surface area contributed by atoms with Crippen molar-refractivity contribution in [3.05, 3.63) is 117 Å². The quantitative estimate of drug-likeness (QED) is 0.0711. The predicted octanol–water partition coefficient (Wildman–Crippen LogP) is 10.1. The summed E-state index contributed by atoms with van der Waals surface area (Å²) in [5, 5.41) is 16.1. The fraction of sp³-hybridized carbons (Fsp3) is 0.420. The number of piperidine rings is 1. The van der Waals surface area contributed by atoms with Crippen molar-refractivity contribution < 1.29 is 40.8 Å². The lowest BCUT2D eigenvalue weighted by Crippen LogP contribution is -2.47. The smallest absolute Gasteiger partial charge is 0.416 e. The van der Waals surface area contributed by atoms with Crippen LogP contribution < -0.4 is 19.7 Å². The number of benzene rings is 3. The molecule has 15 nitrogen and oxygen atoms in total. The van der Waals surface area contributed by atoms with Gasteiger partial charge in [-0.1, -0.05) is 50.9 Å². The zero-order valence-corrected chi connectivity index (χ0v) is 40.9. The standard InChI is InChI=1S/C50H56ClF3N8O7S/c1-31(2)48(64)61-17-13-32(14-18-61)28-56-43-10-7-38(26-44(43)62(65)66)70(67,68)58-47(63)40-9-6-36(25-45(40)69-37-23-33-12-16-55-46(33)57-29-37)60-21-19-59(20-22-60)30-34-11-15-49(3,4)27-41(34)39-8-5-35(24-42(39)51)50(52,53)54/h5-10,12,16,23-26,29,31-32,56H,11,13-15,17-22,27-28,30H2,1-4H3,(H,55,57)(H,58,63). The zero-order valence-electron chi connectivity index (χ0n) is 39.4. The van der Waals surface area contributed by atoms with E-state index in [-0.39, 0.29) is 50.9 Å². The van der Waals surface area contributed by atoms with Crippen LogP contribution in [0.3, 0.4) is 0 Å². The molecule has 2 aliphatic heterocycles. The number of sulfonamides is 1. The number of nitro benzene ring substituents is 1. The molecule has 0 unspecified atom stereocenters. The zero-order chi connectivity index (χ0) is 50.1. The van der Waals surface area contributed by atoms with Crippen LogP contribution in [0, 0.1) is 27.4 Å². The first kappa shape index (κ1) is 50.2. The molecule has 8 rings (SSSR count). The number of H-pyrrole nitrogens is 1. The van der Waals surface area contributed by atoms with Gasteiger partial charge in [-0.05, 0) is 103 Å². The third-order valence-electron chi connectivity index (χ3n) is 13.5. The van der Waals surface area contributed by atoms with E-state index in [0.29, 0.717) is 88.5 Å². The number of rotatable bonds is 14. The summed E-state index contributed by atoms with van der Waals surface area (Å²) in [6, 6.07) is 15.3. The van der Waals surface area contributed by atoms with E-state index in [9.17, 15) is 41.3 Å². The van der Waals surface area contributed by atoms with E-state index in [4.69, 9.17) is 16.3 Å². The third-order valence-corrected chi connectivity index (χ3v) is 15.1.